The zero-order valence-corrected chi connectivity index (χ0v) is 14.3. The van der Waals surface area contributed by atoms with Gasteiger partial charge >= 0.3 is 0 Å². The van der Waals surface area contributed by atoms with Crippen molar-refractivity contribution in [3.63, 3.8) is 0 Å². The van der Waals surface area contributed by atoms with Gasteiger partial charge in [0.15, 0.2) is 0 Å². The van der Waals surface area contributed by atoms with Crippen molar-refractivity contribution in [2.45, 2.75) is 5.92 Å². The molecule has 1 aliphatic heterocycles. The average Bonchev–Trinajstić information content (AvgIpc) is 3.37. The van der Waals surface area contributed by atoms with Gasteiger partial charge in [0.2, 0.25) is 6.67 Å². The molecule has 0 N–H and O–H groups in total. The van der Waals surface area contributed by atoms with Crippen molar-refractivity contribution in [2.75, 3.05) is 9.80 Å². The standard InChI is InChI=1S/C24H18N2/c1-3-11-21(12-4-1)25-18-26(22-13-5-2-6-14-22)24-17-20(15-16-23(24)25)19-9-7-8-10-19/h1-17,19H. The van der Waals surface area contributed by atoms with Crippen LogP contribution in [0.5, 0.6) is 0 Å². The van der Waals surface area contributed by atoms with E-state index in [-0.39, 0.29) is 0 Å². The van der Waals surface area contributed by atoms with Crippen LogP contribution in [0.1, 0.15) is 11.5 Å². The third-order valence-electron chi connectivity index (χ3n) is 4.84. The van der Waals surface area contributed by atoms with Crippen LogP contribution in [0.4, 0.5) is 22.7 Å². The zero-order valence-electron chi connectivity index (χ0n) is 14.3. The van der Waals surface area contributed by atoms with Gasteiger partial charge in [-0.15, -0.1) is 0 Å². The van der Waals surface area contributed by atoms with Gasteiger partial charge < -0.3 is 9.80 Å². The molecule has 0 saturated heterocycles. The number of allylic oxidation sites excluding steroid dienone is 4. The van der Waals surface area contributed by atoms with Crippen LogP contribution in [0.25, 0.3) is 0 Å². The fourth-order valence-corrected chi connectivity index (χ4v) is 3.53. The molecular formula is C24H18N2. The van der Waals surface area contributed by atoms with Crippen molar-refractivity contribution in [3.8, 4) is 0 Å². The van der Waals surface area contributed by atoms with Gasteiger partial charge in [-0.25, -0.2) is 0 Å². The van der Waals surface area contributed by atoms with E-state index < -0.39 is 0 Å². The topological polar surface area (TPSA) is 6.48 Å². The Bertz CT molecular complexity index is 962. The van der Waals surface area contributed by atoms with Gasteiger partial charge in [-0.3, -0.25) is 0 Å². The molecule has 0 spiro atoms. The summed E-state index contributed by atoms with van der Waals surface area (Å²) in [6.07, 6.45) is 8.68. The number of rotatable bonds is 3. The first-order valence-corrected chi connectivity index (χ1v) is 8.86. The Morgan fingerprint density at radius 3 is 1.81 bits per heavy atom. The SMILES string of the molecule is [C]1N(c2ccccc2)c2ccc(C3C=CC=C3)cc2N1c1ccccc1. The number of para-hydroxylation sites is 2. The monoisotopic (exact) mass is 334 g/mol. The largest absolute Gasteiger partial charge is 0.308 e. The first kappa shape index (κ1) is 15.0. The Balaban J connectivity index is 1.62. The Morgan fingerprint density at radius 1 is 0.615 bits per heavy atom. The van der Waals surface area contributed by atoms with Crippen LogP contribution in [-0.4, -0.2) is 0 Å². The lowest BCUT2D eigenvalue weighted by Crippen LogP contribution is -2.17. The fraction of sp³-hybridized carbons (Fsp3) is 0.0417. The van der Waals surface area contributed by atoms with Crippen LogP contribution in [0.15, 0.2) is 103 Å². The minimum absolute atomic E-state index is 0.351. The fourth-order valence-electron chi connectivity index (χ4n) is 3.53. The molecule has 2 radical (unpaired) electrons. The summed E-state index contributed by atoms with van der Waals surface area (Å²) in [4.78, 5) is 4.28. The minimum atomic E-state index is 0.351. The predicted octanol–water partition coefficient (Wildman–Crippen LogP) is 6.18. The summed E-state index contributed by atoms with van der Waals surface area (Å²) in [5.41, 5.74) is 5.83. The van der Waals surface area contributed by atoms with E-state index in [0.29, 0.717) is 5.92 Å². The van der Waals surface area contributed by atoms with E-state index in [2.05, 4.69) is 108 Å². The summed E-state index contributed by atoms with van der Waals surface area (Å²) in [7, 11) is 0. The Kier molecular flexibility index (Phi) is 3.60. The van der Waals surface area contributed by atoms with Crippen molar-refractivity contribution in [2.24, 2.45) is 0 Å². The molecule has 0 fully saturated rings. The summed E-state index contributed by atoms with van der Waals surface area (Å²) in [6, 6.07) is 27.5. The number of fused-ring (bicyclic) bond motifs is 1. The van der Waals surface area contributed by atoms with Gasteiger partial charge in [-0.05, 0) is 42.0 Å². The Morgan fingerprint density at radius 2 is 1.19 bits per heavy atom. The number of hydrogen-bond acceptors (Lipinski definition) is 2. The number of anilines is 4. The van der Waals surface area contributed by atoms with E-state index in [9.17, 15) is 0 Å². The highest BCUT2D eigenvalue weighted by Gasteiger charge is 2.30. The summed E-state index contributed by atoms with van der Waals surface area (Å²) in [5, 5.41) is 0. The second kappa shape index (κ2) is 6.23. The molecule has 0 unspecified atom stereocenters. The van der Waals surface area contributed by atoms with Crippen molar-refractivity contribution in [1.29, 1.82) is 0 Å². The first-order chi connectivity index (χ1) is 12.9. The molecule has 0 saturated carbocycles. The van der Waals surface area contributed by atoms with Crippen molar-refractivity contribution in [3.05, 3.63) is 115 Å². The van der Waals surface area contributed by atoms with E-state index in [1.54, 1.807) is 0 Å². The summed E-state index contributed by atoms with van der Waals surface area (Å²) < 4.78 is 0. The van der Waals surface area contributed by atoms with E-state index in [4.69, 9.17) is 0 Å². The Hall–Kier alpha value is -3.26. The molecule has 2 nitrogen and oxygen atoms in total. The minimum Gasteiger partial charge on any atom is -0.308 e. The molecule has 1 heterocycles. The van der Waals surface area contributed by atoms with Crippen LogP contribution >= 0.6 is 0 Å². The van der Waals surface area contributed by atoms with Crippen molar-refractivity contribution < 1.29 is 0 Å². The third kappa shape index (κ3) is 2.51. The molecule has 26 heavy (non-hydrogen) atoms. The van der Waals surface area contributed by atoms with Crippen molar-refractivity contribution in [1.82, 2.24) is 0 Å². The van der Waals surface area contributed by atoms with Crippen LogP contribution in [0.2, 0.25) is 0 Å². The zero-order chi connectivity index (χ0) is 17.3. The van der Waals surface area contributed by atoms with Crippen molar-refractivity contribution >= 4 is 22.7 Å². The number of benzene rings is 3. The lowest BCUT2D eigenvalue weighted by Gasteiger charge is -2.19. The predicted molar refractivity (Wildman–Crippen MR) is 108 cm³/mol. The lowest BCUT2D eigenvalue weighted by molar-refractivity contribution is 1.10. The molecule has 5 rings (SSSR count). The molecule has 0 atom stereocenters. The highest BCUT2D eigenvalue weighted by atomic mass is 15.4. The molecule has 0 aromatic heterocycles. The molecule has 124 valence electrons. The molecule has 0 amide bonds. The molecule has 2 aliphatic rings. The van der Waals surface area contributed by atoms with E-state index in [1.807, 2.05) is 12.1 Å². The number of nitrogens with zero attached hydrogens (tertiary/aromatic N) is 2. The van der Waals surface area contributed by atoms with E-state index in [0.717, 1.165) is 22.7 Å². The maximum Gasteiger partial charge on any atom is 0.218 e. The molecule has 3 aromatic rings. The third-order valence-corrected chi connectivity index (χ3v) is 4.84. The highest BCUT2D eigenvalue weighted by molar-refractivity contribution is 5.89. The molecule has 2 heteroatoms. The molecular weight excluding hydrogens is 316 g/mol. The maximum absolute atomic E-state index is 3.54. The van der Waals surface area contributed by atoms with Gasteiger partial charge in [0.25, 0.3) is 0 Å². The normalized spacial score (nSPS) is 15.7. The van der Waals surface area contributed by atoms with Gasteiger partial charge in [0.05, 0.1) is 11.4 Å². The Labute approximate surface area is 154 Å². The first-order valence-electron chi connectivity index (χ1n) is 8.86. The quantitative estimate of drug-likeness (QED) is 0.564. The maximum atomic E-state index is 3.54. The second-order valence-corrected chi connectivity index (χ2v) is 6.49. The summed E-state index contributed by atoms with van der Waals surface area (Å²) in [6.45, 7) is 3.54. The molecule has 1 aliphatic carbocycles. The van der Waals surface area contributed by atoms with E-state index in [1.165, 1.54) is 5.56 Å². The van der Waals surface area contributed by atoms with E-state index >= 15 is 0 Å². The summed E-state index contributed by atoms with van der Waals surface area (Å²) in [5.74, 6) is 0.351. The second-order valence-electron chi connectivity index (χ2n) is 6.49. The summed E-state index contributed by atoms with van der Waals surface area (Å²) >= 11 is 0. The average molecular weight is 334 g/mol. The van der Waals surface area contributed by atoms with Gasteiger partial charge in [-0.2, -0.15) is 0 Å². The highest BCUT2D eigenvalue weighted by Crippen LogP contribution is 2.47. The number of hydrogen-bond donors (Lipinski definition) is 0. The van der Waals surface area contributed by atoms with Crippen LogP contribution in [-0.2, 0) is 0 Å². The van der Waals surface area contributed by atoms with Crippen LogP contribution in [0.3, 0.4) is 0 Å². The van der Waals surface area contributed by atoms with Gasteiger partial charge in [0, 0.05) is 17.3 Å². The van der Waals surface area contributed by atoms with Crippen LogP contribution in [0, 0.1) is 6.67 Å². The molecule has 3 aromatic carbocycles. The van der Waals surface area contributed by atoms with Gasteiger partial charge in [-0.1, -0.05) is 66.8 Å². The van der Waals surface area contributed by atoms with Gasteiger partial charge in [0.1, 0.15) is 0 Å². The van der Waals surface area contributed by atoms with Crippen LogP contribution < -0.4 is 9.80 Å². The lowest BCUT2D eigenvalue weighted by atomic mass is 9.99. The smallest absolute Gasteiger partial charge is 0.218 e. The molecule has 0 bridgehead atoms.